The molecular formula is C19H16F3N3O. The minimum absolute atomic E-state index is 0.115. The molecule has 0 spiro atoms. The summed E-state index contributed by atoms with van der Waals surface area (Å²) in [5.74, 6) is 0.115. The lowest BCUT2D eigenvalue weighted by Crippen LogP contribution is -2.48. The number of halogens is 3. The Kier molecular flexibility index (Phi) is 3.94. The number of pyridine rings is 2. The predicted molar refractivity (Wildman–Crippen MR) is 93.2 cm³/mol. The zero-order valence-corrected chi connectivity index (χ0v) is 13.8. The zero-order chi connectivity index (χ0) is 18.3. The van der Waals surface area contributed by atoms with E-state index in [1.165, 1.54) is 18.2 Å². The van der Waals surface area contributed by atoms with E-state index in [2.05, 4.69) is 9.97 Å². The van der Waals surface area contributed by atoms with E-state index >= 15 is 0 Å². The summed E-state index contributed by atoms with van der Waals surface area (Å²) in [5, 5.41) is 0.834. The monoisotopic (exact) mass is 359 g/mol. The quantitative estimate of drug-likeness (QED) is 0.777. The molecule has 1 aromatic carbocycles. The van der Waals surface area contributed by atoms with Crippen LogP contribution in [0.1, 0.15) is 11.1 Å². The molecule has 0 bridgehead atoms. The lowest BCUT2D eigenvalue weighted by molar-refractivity contribution is -0.138. The number of hydrogen-bond donors (Lipinski definition) is 1. The van der Waals surface area contributed by atoms with Crippen LogP contribution in [-0.2, 0) is 12.6 Å². The van der Waals surface area contributed by atoms with Crippen molar-refractivity contribution in [1.82, 2.24) is 9.97 Å². The number of rotatable bonds is 3. The Hall–Kier alpha value is -2.83. The van der Waals surface area contributed by atoms with E-state index in [0.717, 1.165) is 17.1 Å². The molecule has 2 aromatic heterocycles. The smallest absolute Gasteiger partial charge is 0.370 e. The molecule has 1 aliphatic rings. The van der Waals surface area contributed by atoms with Crippen molar-refractivity contribution < 1.29 is 13.2 Å². The maximum atomic E-state index is 13.1. The van der Waals surface area contributed by atoms with E-state index in [9.17, 15) is 18.0 Å². The predicted octanol–water partition coefficient (Wildman–Crippen LogP) is 3.62. The largest absolute Gasteiger partial charge is 0.416 e. The van der Waals surface area contributed by atoms with Crippen LogP contribution in [0, 0.1) is 5.92 Å². The SMILES string of the molecule is O=c1cc(N2CC(Cc3ccccc3C(F)(F)F)C2)c2cccnc2[nH]1. The van der Waals surface area contributed by atoms with Gasteiger partial charge in [0.15, 0.2) is 0 Å². The van der Waals surface area contributed by atoms with Crippen LogP contribution in [0.2, 0.25) is 0 Å². The van der Waals surface area contributed by atoms with Crippen LogP contribution in [0.25, 0.3) is 11.0 Å². The zero-order valence-electron chi connectivity index (χ0n) is 13.8. The second kappa shape index (κ2) is 6.16. The summed E-state index contributed by atoms with van der Waals surface area (Å²) in [6.07, 6.45) is -2.37. The summed E-state index contributed by atoms with van der Waals surface area (Å²) in [5.41, 5.74) is 0.807. The molecule has 26 heavy (non-hydrogen) atoms. The summed E-state index contributed by atoms with van der Waals surface area (Å²) in [6, 6.07) is 10.9. The molecule has 3 aromatic rings. The van der Waals surface area contributed by atoms with Crippen molar-refractivity contribution >= 4 is 16.7 Å². The van der Waals surface area contributed by atoms with Crippen LogP contribution in [0.5, 0.6) is 0 Å². The molecule has 1 saturated heterocycles. The number of fused-ring (bicyclic) bond motifs is 1. The first-order valence-electron chi connectivity index (χ1n) is 8.30. The molecule has 0 saturated carbocycles. The molecule has 1 fully saturated rings. The fourth-order valence-electron chi connectivity index (χ4n) is 3.51. The fourth-order valence-corrected chi connectivity index (χ4v) is 3.51. The van der Waals surface area contributed by atoms with E-state index in [0.29, 0.717) is 30.7 Å². The maximum absolute atomic E-state index is 13.1. The molecule has 7 heteroatoms. The van der Waals surface area contributed by atoms with Gasteiger partial charge in [0, 0.05) is 30.7 Å². The number of nitrogens with zero attached hydrogens (tertiary/aromatic N) is 2. The van der Waals surface area contributed by atoms with Crippen LogP contribution < -0.4 is 10.5 Å². The Morgan fingerprint density at radius 1 is 1.15 bits per heavy atom. The minimum atomic E-state index is -4.34. The van der Waals surface area contributed by atoms with Gasteiger partial charge in [-0.2, -0.15) is 13.2 Å². The minimum Gasteiger partial charge on any atom is -0.370 e. The number of hydrogen-bond acceptors (Lipinski definition) is 3. The number of H-pyrrole nitrogens is 1. The third-order valence-electron chi connectivity index (χ3n) is 4.72. The van der Waals surface area contributed by atoms with Crippen LogP contribution in [0.15, 0.2) is 53.5 Å². The Balaban J connectivity index is 1.53. The number of alkyl halides is 3. The number of aromatic amines is 1. The molecular weight excluding hydrogens is 343 g/mol. The van der Waals surface area contributed by atoms with E-state index in [4.69, 9.17) is 0 Å². The molecule has 0 aliphatic carbocycles. The molecule has 0 amide bonds. The van der Waals surface area contributed by atoms with Crippen LogP contribution in [0.3, 0.4) is 0 Å². The van der Waals surface area contributed by atoms with Crippen molar-refractivity contribution in [3.8, 4) is 0 Å². The number of benzene rings is 1. The van der Waals surface area contributed by atoms with Gasteiger partial charge in [0.05, 0.1) is 11.3 Å². The third-order valence-corrected chi connectivity index (χ3v) is 4.72. The van der Waals surface area contributed by atoms with Gasteiger partial charge in [-0.1, -0.05) is 18.2 Å². The maximum Gasteiger partial charge on any atom is 0.416 e. The van der Waals surface area contributed by atoms with Crippen LogP contribution in [-0.4, -0.2) is 23.1 Å². The van der Waals surface area contributed by atoms with E-state index < -0.39 is 11.7 Å². The average molecular weight is 359 g/mol. The van der Waals surface area contributed by atoms with E-state index in [-0.39, 0.29) is 11.5 Å². The Morgan fingerprint density at radius 2 is 1.92 bits per heavy atom. The van der Waals surface area contributed by atoms with Crippen LogP contribution in [0.4, 0.5) is 18.9 Å². The van der Waals surface area contributed by atoms with Crippen LogP contribution >= 0.6 is 0 Å². The van der Waals surface area contributed by atoms with Crippen molar-refractivity contribution in [2.75, 3.05) is 18.0 Å². The summed E-state index contributed by atoms with van der Waals surface area (Å²) in [7, 11) is 0. The Labute approximate surface area is 147 Å². The normalized spacial score (nSPS) is 15.3. The molecule has 4 nitrogen and oxygen atoms in total. The molecule has 0 atom stereocenters. The van der Waals surface area contributed by atoms with E-state index in [1.807, 2.05) is 11.0 Å². The number of anilines is 1. The van der Waals surface area contributed by atoms with Gasteiger partial charge < -0.3 is 9.88 Å². The second-order valence-corrected chi connectivity index (χ2v) is 6.55. The first-order valence-corrected chi connectivity index (χ1v) is 8.30. The average Bonchev–Trinajstić information content (AvgIpc) is 2.56. The van der Waals surface area contributed by atoms with Gasteiger partial charge in [-0.3, -0.25) is 4.79 Å². The summed E-state index contributed by atoms with van der Waals surface area (Å²) in [4.78, 5) is 20.7. The standard InChI is InChI=1S/C19H16F3N3O/c20-19(21,22)15-6-2-1-4-13(15)8-12-10-25(11-12)16-9-17(26)24-18-14(16)5-3-7-23-18/h1-7,9,12H,8,10-11H2,(H,23,24,26). The lowest BCUT2D eigenvalue weighted by atomic mass is 9.89. The highest BCUT2D eigenvalue weighted by Crippen LogP contribution is 2.35. The molecule has 1 N–H and O–H groups in total. The fraction of sp³-hybridized carbons (Fsp3) is 0.263. The van der Waals surface area contributed by atoms with Gasteiger partial charge >= 0.3 is 6.18 Å². The Morgan fingerprint density at radius 3 is 2.69 bits per heavy atom. The first-order chi connectivity index (χ1) is 12.4. The molecule has 1 aliphatic heterocycles. The summed E-state index contributed by atoms with van der Waals surface area (Å²) in [6.45, 7) is 1.22. The first kappa shape index (κ1) is 16.6. The topological polar surface area (TPSA) is 49.0 Å². The van der Waals surface area contributed by atoms with Gasteiger partial charge in [0.1, 0.15) is 5.65 Å². The number of nitrogens with one attached hydrogen (secondary N) is 1. The number of aromatic nitrogens is 2. The van der Waals surface area contributed by atoms with Crippen molar-refractivity contribution in [3.05, 3.63) is 70.1 Å². The van der Waals surface area contributed by atoms with E-state index in [1.54, 1.807) is 18.3 Å². The molecule has 134 valence electrons. The molecule has 4 rings (SSSR count). The summed E-state index contributed by atoms with van der Waals surface area (Å²) >= 11 is 0. The summed E-state index contributed by atoms with van der Waals surface area (Å²) < 4.78 is 39.4. The highest BCUT2D eigenvalue weighted by Gasteiger charge is 2.35. The highest BCUT2D eigenvalue weighted by atomic mass is 19.4. The van der Waals surface area contributed by atoms with Gasteiger partial charge in [-0.05, 0) is 36.1 Å². The lowest BCUT2D eigenvalue weighted by Gasteiger charge is -2.41. The Bertz CT molecular complexity index is 1010. The van der Waals surface area contributed by atoms with Gasteiger partial charge in [-0.25, -0.2) is 4.98 Å². The highest BCUT2D eigenvalue weighted by molar-refractivity contribution is 5.89. The van der Waals surface area contributed by atoms with Gasteiger partial charge in [0.2, 0.25) is 0 Å². The van der Waals surface area contributed by atoms with Crippen molar-refractivity contribution in [1.29, 1.82) is 0 Å². The molecule has 3 heterocycles. The van der Waals surface area contributed by atoms with Gasteiger partial charge in [-0.15, -0.1) is 0 Å². The second-order valence-electron chi connectivity index (χ2n) is 6.55. The molecule has 0 unspecified atom stereocenters. The van der Waals surface area contributed by atoms with Crippen molar-refractivity contribution in [3.63, 3.8) is 0 Å². The molecule has 0 radical (unpaired) electrons. The van der Waals surface area contributed by atoms with Crippen molar-refractivity contribution in [2.45, 2.75) is 12.6 Å². The van der Waals surface area contributed by atoms with Crippen molar-refractivity contribution in [2.24, 2.45) is 5.92 Å². The third kappa shape index (κ3) is 3.05. The van der Waals surface area contributed by atoms with Gasteiger partial charge in [0.25, 0.3) is 5.56 Å².